The fourth-order valence-electron chi connectivity index (χ4n) is 3.95. The van der Waals surface area contributed by atoms with Crippen molar-refractivity contribution < 1.29 is 0 Å². The molecule has 4 aromatic rings. The van der Waals surface area contributed by atoms with Gasteiger partial charge in [0.15, 0.2) is 0 Å². The average molecular weight is 394 g/mol. The predicted octanol–water partition coefficient (Wildman–Crippen LogP) is 6.49. The zero-order valence-corrected chi connectivity index (χ0v) is 16.0. The minimum absolute atomic E-state index is 0.0728. The molecule has 1 N–H and O–H groups in total. The quantitative estimate of drug-likeness (QED) is 0.421. The van der Waals surface area contributed by atoms with Crippen LogP contribution in [0.25, 0.3) is 11.0 Å². The maximum absolute atomic E-state index is 6.60. The lowest BCUT2D eigenvalue weighted by molar-refractivity contribution is 0.477. The van der Waals surface area contributed by atoms with Crippen molar-refractivity contribution in [2.45, 2.75) is 18.5 Å². The van der Waals surface area contributed by atoms with Crippen molar-refractivity contribution in [2.75, 3.05) is 5.32 Å². The van der Waals surface area contributed by atoms with Crippen LogP contribution in [0.3, 0.4) is 0 Å². The van der Waals surface area contributed by atoms with E-state index >= 15 is 0 Å². The van der Waals surface area contributed by atoms with Gasteiger partial charge >= 0.3 is 0 Å². The van der Waals surface area contributed by atoms with Crippen LogP contribution in [0.4, 0.5) is 5.95 Å². The molecule has 0 saturated heterocycles. The number of hydrogen-bond acceptors (Lipinski definition) is 2. The molecule has 0 saturated carbocycles. The molecule has 0 amide bonds. The van der Waals surface area contributed by atoms with Gasteiger partial charge in [0.25, 0.3) is 0 Å². The molecule has 0 bridgehead atoms. The van der Waals surface area contributed by atoms with E-state index in [1.54, 1.807) is 0 Å². The van der Waals surface area contributed by atoms with Crippen LogP contribution in [0.5, 0.6) is 0 Å². The van der Waals surface area contributed by atoms with Gasteiger partial charge < -0.3 is 9.88 Å². The molecular formula is C22H17Cl2N3. The van der Waals surface area contributed by atoms with Gasteiger partial charge in [-0.05, 0) is 41.8 Å². The highest BCUT2D eigenvalue weighted by molar-refractivity contribution is 6.35. The smallest absolute Gasteiger partial charge is 0.204 e. The Morgan fingerprint density at radius 2 is 1.70 bits per heavy atom. The molecule has 1 aliphatic heterocycles. The second-order valence-electron chi connectivity index (χ2n) is 6.82. The summed E-state index contributed by atoms with van der Waals surface area (Å²) in [5.74, 6) is 0.868. The number of halogens is 2. The van der Waals surface area contributed by atoms with E-state index in [0.717, 1.165) is 29.0 Å². The summed E-state index contributed by atoms with van der Waals surface area (Å²) in [5.41, 5.74) is 4.38. The van der Waals surface area contributed by atoms with Gasteiger partial charge in [-0.2, -0.15) is 0 Å². The molecule has 1 aromatic heterocycles. The molecule has 0 spiro atoms. The maximum Gasteiger partial charge on any atom is 0.204 e. The first kappa shape index (κ1) is 16.7. The summed E-state index contributed by atoms with van der Waals surface area (Å²) in [4.78, 5) is 4.83. The molecule has 134 valence electrons. The lowest BCUT2D eigenvalue weighted by Gasteiger charge is -2.34. The molecule has 5 rings (SSSR count). The number of hydrogen-bond donors (Lipinski definition) is 1. The number of aromatic nitrogens is 2. The van der Waals surface area contributed by atoms with E-state index < -0.39 is 0 Å². The van der Waals surface area contributed by atoms with Crippen molar-refractivity contribution in [3.05, 3.63) is 94.0 Å². The van der Waals surface area contributed by atoms with Crippen LogP contribution in [-0.2, 0) is 0 Å². The van der Waals surface area contributed by atoms with E-state index in [9.17, 15) is 0 Å². The molecule has 0 radical (unpaired) electrons. The van der Waals surface area contributed by atoms with Crippen molar-refractivity contribution in [1.29, 1.82) is 0 Å². The Kier molecular flexibility index (Phi) is 4.07. The van der Waals surface area contributed by atoms with Crippen LogP contribution in [0.1, 0.15) is 29.6 Å². The first-order valence-corrected chi connectivity index (χ1v) is 9.70. The number of nitrogens with zero attached hydrogens (tertiary/aromatic N) is 2. The summed E-state index contributed by atoms with van der Waals surface area (Å²) < 4.78 is 2.25. The monoisotopic (exact) mass is 393 g/mol. The summed E-state index contributed by atoms with van der Waals surface area (Å²) in [6.45, 7) is 0. The fraction of sp³-hybridized carbons (Fsp3) is 0.136. The molecule has 0 aliphatic carbocycles. The lowest BCUT2D eigenvalue weighted by Crippen LogP contribution is -2.27. The predicted molar refractivity (Wildman–Crippen MR) is 112 cm³/mol. The minimum Gasteiger partial charge on any atom is -0.349 e. The highest BCUT2D eigenvalue weighted by Crippen LogP contribution is 2.43. The Labute approximate surface area is 167 Å². The van der Waals surface area contributed by atoms with Crippen LogP contribution in [0.2, 0.25) is 10.0 Å². The van der Waals surface area contributed by atoms with E-state index in [1.165, 1.54) is 5.56 Å². The van der Waals surface area contributed by atoms with Gasteiger partial charge in [0.2, 0.25) is 5.95 Å². The lowest BCUT2D eigenvalue weighted by atomic mass is 9.93. The zero-order valence-electron chi connectivity index (χ0n) is 14.4. The Morgan fingerprint density at radius 1 is 0.926 bits per heavy atom. The Bertz CT molecular complexity index is 1120. The molecule has 27 heavy (non-hydrogen) atoms. The highest BCUT2D eigenvalue weighted by Gasteiger charge is 2.31. The third-order valence-corrected chi connectivity index (χ3v) is 5.76. The van der Waals surface area contributed by atoms with Crippen molar-refractivity contribution >= 4 is 40.2 Å². The van der Waals surface area contributed by atoms with E-state index in [0.29, 0.717) is 10.0 Å². The largest absolute Gasteiger partial charge is 0.349 e. The Hall–Kier alpha value is -2.49. The normalized spacial score (nSPS) is 18.9. The van der Waals surface area contributed by atoms with Gasteiger partial charge in [-0.1, -0.05) is 71.7 Å². The fourth-order valence-corrected chi connectivity index (χ4v) is 4.48. The second-order valence-corrected chi connectivity index (χ2v) is 7.66. The highest BCUT2D eigenvalue weighted by atomic mass is 35.5. The van der Waals surface area contributed by atoms with Crippen LogP contribution >= 0.6 is 23.2 Å². The third-order valence-electron chi connectivity index (χ3n) is 5.19. The van der Waals surface area contributed by atoms with Gasteiger partial charge in [0.05, 0.1) is 23.1 Å². The van der Waals surface area contributed by atoms with Crippen molar-refractivity contribution in [3.63, 3.8) is 0 Å². The number of nitrogens with one attached hydrogen (secondary N) is 1. The number of para-hydroxylation sites is 2. The van der Waals surface area contributed by atoms with Crippen molar-refractivity contribution in [2.24, 2.45) is 0 Å². The first-order valence-electron chi connectivity index (χ1n) is 8.94. The maximum atomic E-state index is 6.60. The number of imidazole rings is 1. The zero-order chi connectivity index (χ0) is 18.4. The number of fused-ring (bicyclic) bond motifs is 3. The van der Waals surface area contributed by atoms with Crippen molar-refractivity contribution in [3.8, 4) is 0 Å². The molecule has 5 heteroatoms. The van der Waals surface area contributed by atoms with E-state index in [2.05, 4.69) is 40.2 Å². The summed E-state index contributed by atoms with van der Waals surface area (Å²) in [6, 6.07) is 24.7. The summed E-state index contributed by atoms with van der Waals surface area (Å²) in [6.07, 6.45) is 0.874. The summed E-state index contributed by atoms with van der Waals surface area (Å²) >= 11 is 12.7. The Morgan fingerprint density at radius 3 is 2.52 bits per heavy atom. The molecule has 0 fully saturated rings. The molecule has 3 aromatic carbocycles. The molecule has 2 heterocycles. The van der Waals surface area contributed by atoms with Gasteiger partial charge in [0, 0.05) is 10.0 Å². The average Bonchev–Trinajstić information content (AvgIpc) is 3.07. The second kappa shape index (κ2) is 6.59. The molecule has 2 atom stereocenters. The van der Waals surface area contributed by atoms with Crippen molar-refractivity contribution in [1.82, 2.24) is 9.55 Å². The van der Waals surface area contributed by atoms with Gasteiger partial charge in [-0.3, -0.25) is 0 Å². The number of rotatable bonds is 2. The van der Waals surface area contributed by atoms with Crippen LogP contribution in [-0.4, -0.2) is 9.55 Å². The standard InChI is InChI=1S/C22H17Cl2N3/c23-15-10-11-16(17(24)12-15)21-13-19(14-6-2-1-3-7-14)26-22-25-18-8-4-5-9-20(18)27(21)22/h1-12,19,21H,13H2,(H,25,26). The number of benzene rings is 3. The number of anilines is 1. The van der Waals surface area contributed by atoms with E-state index in [1.807, 2.05) is 42.5 Å². The van der Waals surface area contributed by atoms with Gasteiger partial charge in [0.1, 0.15) is 0 Å². The molecule has 2 unspecified atom stereocenters. The minimum atomic E-state index is 0.0728. The summed E-state index contributed by atoms with van der Waals surface area (Å²) in [7, 11) is 0. The SMILES string of the molecule is Clc1ccc(C2CC(c3ccccc3)Nc3nc4ccccc4n32)c(Cl)c1. The van der Waals surface area contributed by atoms with Gasteiger partial charge in [-0.25, -0.2) is 4.98 Å². The van der Waals surface area contributed by atoms with E-state index in [-0.39, 0.29) is 12.1 Å². The molecular weight excluding hydrogens is 377 g/mol. The van der Waals surface area contributed by atoms with Gasteiger partial charge in [-0.15, -0.1) is 0 Å². The van der Waals surface area contributed by atoms with Crippen LogP contribution in [0, 0.1) is 0 Å². The third kappa shape index (κ3) is 2.88. The van der Waals surface area contributed by atoms with Crippen LogP contribution < -0.4 is 5.32 Å². The molecule has 1 aliphatic rings. The molecule has 3 nitrogen and oxygen atoms in total. The topological polar surface area (TPSA) is 29.9 Å². The first-order chi connectivity index (χ1) is 13.2. The summed E-state index contributed by atoms with van der Waals surface area (Å²) in [5, 5.41) is 4.95. The van der Waals surface area contributed by atoms with E-state index in [4.69, 9.17) is 28.2 Å². The Balaban J connectivity index is 1.70. The van der Waals surface area contributed by atoms with Crippen LogP contribution in [0.15, 0.2) is 72.8 Å².